The number of amides is 1. The molecule has 1 amide bonds. The number of ether oxygens (including phenoxy) is 1. The molecule has 4 rings (SSSR count). The first-order valence-corrected chi connectivity index (χ1v) is 12.8. The zero-order valence-electron chi connectivity index (χ0n) is 16.2. The molecule has 7 nitrogen and oxygen atoms in total. The highest BCUT2D eigenvalue weighted by atomic mass is 35.5. The monoisotopic (exact) mass is 457 g/mol. The minimum Gasteiger partial charge on any atom is -0.376 e. The molecule has 1 aromatic heterocycles. The number of hydrogen-bond acceptors (Lipinski definition) is 6. The van der Waals surface area contributed by atoms with Crippen LogP contribution < -0.4 is 4.90 Å². The third-order valence-corrected chi connectivity index (χ3v) is 7.99. The van der Waals surface area contributed by atoms with Crippen molar-refractivity contribution in [3.8, 4) is 0 Å². The van der Waals surface area contributed by atoms with Gasteiger partial charge < -0.3 is 4.74 Å². The Bertz CT molecular complexity index is 1000. The number of sulfonamides is 1. The number of carbonyl (C=O) groups is 1. The topological polar surface area (TPSA) is 79.8 Å². The Hall–Kier alpha value is -1.26. The van der Waals surface area contributed by atoms with E-state index >= 15 is 0 Å². The fraction of sp³-hybridized carbons (Fsp3) is 0.579. The van der Waals surface area contributed by atoms with E-state index in [0.29, 0.717) is 42.7 Å². The van der Waals surface area contributed by atoms with Crippen molar-refractivity contribution < 1.29 is 17.9 Å². The Labute approximate surface area is 179 Å². The molecule has 2 aliphatic heterocycles. The highest BCUT2D eigenvalue weighted by Gasteiger charge is 2.35. The predicted molar refractivity (Wildman–Crippen MR) is 115 cm³/mol. The molecule has 10 heteroatoms. The van der Waals surface area contributed by atoms with E-state index in [4.69, 9.17) is 16.3 Å². The van der Waals surface area contributed by atoms with E-state index in [1.807, 2.05) is 12.1 Å². The van der Waals surface area contributed by atoms with E-state index in [-0.39, 0.29) is 24.5 Å². The van der Waals surface area contributed by atoms with Gasteiger partial charge in [-0.2, -0.15) is 0 Å². The number of fused-ring (bicyclic) bond motifs is 1. The van der Waals surface area contributed by atoms with Crippen LogP contribution in [-0.2, 0) is 19.6 Å². The van der Waals surface area contributed by atoms with Crippen LogP contribution in [0.3, 0.4) is 0 Å². The number of nitrogens with zero attached hydrogens (tertiary/aromatic N) is 3. The Kier molecular flexibility index (Phi) is 6.13. The van der Waals surface area contributed by atoms with Crippen LogP contribution in [0.25, 0.3) is 10.2 Å². The van der Waals surface area contributed by atoms with Crippen molar-refractivity contribution in [2.24, 2.45) is 5.92 Å². The minimum atomic E-state index is -3.32. The molecule has 2 unspecified atom stereocenters. The Morgan fingerprint density at radius 2 is 2.21 bits per heavy atom. The molecule has 3 heterocycles. The average molecular weight is 458 g/mol. The van der Waals surface area contributed by atoms with E-state index in [2.05, 4.69) is 4.98 Å². The van der Waals surface area contributed by atoms with Gasteiger partial charge in [0.25, 0.3) is 0 Å². The lowest BCUT2D eigenvalue weighted by atomic mass is 9.98. The first kappa shape index (κ1) is 21.0. The lowest BCUT2D eigenvalue weighted by molar-refractivity contribution is -0.123. The maximum Gasteiger partial charge on any atom is 0.233 e. The number of anilines is 1. The summed E-state index contributed by atoms with van der Waals surface area (Å²) in [6, 6.07) is 5.47. The number of thiazole rings is 1. The minimum absolute atomic E-state index is 0.0239. The molecule has 2 aromatic rings. The van der Waals surface area contributed by atoms with Crippen molar-refractivity contribution >= 4 is 54.2 Å². The van der Waals surface area contributed by atoms with Crippen molar-refractivity contribution in [3.05, 3.63) is 23.2 Å². The average Bonchev–Trinajstić information content (AvgIpc) is 3.34. The van der Waals surface area contributed by atoms with Crippen molar-refractivity contribution in [3.63, 3.8) is 0 Å². The molecule has 0 radical (unpaired) electrons. The Morgan fingerprint density at radius 3 is 2.93 bits per heavy atom. The lowest BCUT2D eigenvalue weighted by Gasteiger charge is -2.33. The van der Waals surface area contributed by atoms with Crippen LogP contribution in [0.5, 0.6) is 0 Å². The van der Waals surface area contributed by atoms with Crippen molar-refractivity contribution in [2.75, 3.05) is 37.4 Å². The normalized spacial score (nSPS) is 23.5. The quantitative estimate of drug-likeness (QED) is 0.689. The molecule has 1 aromatic carbocycles. The van der Waals surface area contributed by atoms with Gasteiger partial charge in [0.2, 0.25) is 15.9 Å². The van der Waals surface area contributed by atoms with E-state index in [1.165, 1.54) is 21.9 Å². The molecule has 0 bridgehead atoms. The number of rotatable bonds is 5. The second-order valence-corrected chi connectivity index (χ2v) is 11.1. The molecule has 2 saturated heterocycles. The third kappa shape index (κ3) is 4.74. The van der Waals surface area contributed by atoms with Gasteiger partial charge in [-0.25, -0.2) is 17.7 Å². The highest BCUT2D eigenvalue weighted by Crippen LogP contribution is 2.33. The van der Waals surface area contributed by atoms with Crippen LogP contribution in [0.4, 0.5) is 5.13 Å². The van der Waals surface area contributed by atoms with Crippen LogP contribution in [-0.4, -0.2) is 62.2 Å². The van der Waals surface area contributed by atoms with E-state index in [0.717, 1.165) is 23.1 Å². The molecule has 2 aliphatic rings. The standard InChI is InChI=1S/C19H24ClN3O4S2/c1-29(25,26)22-8-2-4-13(11-22)18(24)23(12-15-5-3-9-27-15)19-21-16-7-6-14(20)10-17(16)28-19/h6-7,10,13,15H,2-5,8-9,11-12H2,1H3. The van der Waals surface area contributed by atoms with Crippen LogP contribution in [0.2, 0.25) is 5.02 Å². The van der Waals surface area contributed by atoms with Gasteiger partial charge in [0, 0.05) is 24.7 Å². The number of hydrogen-bond donors (Lipinski definition) is 0. The van der Waals surface area contributed by atoms with Crippen LogP contribution in [0.15, 0.2) is 18.2 Å². The largest absolute Gasteiger partial charge is 0.376 e. The van der Waals surface area contributed by atoms with E-state index in [9.17, 15) is 13.2 Å². The summed E-state index contributed by atoms with van der Waals surface area (Å²) in [5.41, 5.74) is 0.793. The van der Waals surface area contributed by atoms with E-state index < -0.39 is 10.0 Å². The number of benzene rings is 1. The summed E-state index contributed by atoms with van der Waals surface area (Å²) >= 11 is 7.53. The fourth-order valence-electron chi connectivity index (χ4n) is 3.92. The molecule has 29 heavy (non-hydrogen) atoms. The smallest absolute Gasteiger partial charge is 0.233 e. The highest BCUT2D eigenvalue weighted by molar-refractivity contribution is 7.88. The van der Waals surface area contributed by atoms with Crippen molar-refractivity contribution in [2.45, 2.75) is 31.8 Å². The number of piperidine rings is 1. The molecule has 0 N–H and O–H groups in total. The molecule has 0 spiro atoms. The SMILES string of the molecule is CS(=O)(=O)N1CCCC(C(=O)N(CC2CCCO2)c2nc3ccc(Cl)cc3s2)C1. The maximum atomic E-state index is 13.5. The molecular formula is C19H24ClN3O4S2. The maximum absolute atomic E-state index is 13.5. The van der Waals surface area contributed by atoms with Crippen LogP contribution >= 0.6 is 22.9 Å². The number of carbonyl (C=O) groups excluding carboxylic acids is 1. The van der Waals surface area contributed by atoms with Gasteiger partial charge in [-0.15, -0.1) is 0 Å². The summed E-state index contributed by atoms with van der Waals surface area (Å²) in [4.78, 5) is 19.8. The predicted octanol–water partition coefficient (Wildman–Crippen LogP) is 3.13. The fourth-order valence-corrected chi connectivity index (χ4v) is 6.09. The molecule has 158 valence electrons. The van der Waals surface area contributed by atoms with Gasteiger partial charge in [-0.3, -0.25) is 9.69 Å². The summed E-state index contributed by atoms with van der Waals surface area (Å²) in [6.07, 6.45) is 4.40. The van der Waals surface area contributed by atoms with Gasteiger partial charge in [0.05, 0.1) is 35.0 Å². The van der Waals surface area contributed by atoms with E-state index in [1.54, 1.807) is 11.0 Å². The summed E-state index contributed by atoms with van der Waals surface area (Å²) in [6.45, 7) is 1.82. The van der Waals surface area contributed by atoms with Gasteiger partial charge in [-0.1, -0.05) is 22.9 Å². The Morgan fingerprint density at radius 1 is 1.38 bits per heavy atom. The molecule has 2 atom stereocenters. The zero-order chi connectivity index (χ0) is 20.6. The molecule has 0 aliphatic carbocycles. The zero-order valence-corrected chi connectivity index (χ0v) is 18.6. The molecule has 2 fully saturated rings. The van der Waals surface area contributed by atoms with Gasteiger partial charge in [0.15, 0.2) is 5.13 Å². The summed E-state index contributed by atoms with van der Waals surface area (Å²) < 4.78 is 32.0. The number of aromatic nitrogens is 1. The third-order valence-electron chi connectivity index (χ3n) is 5.45. The second-order valence-electron chi connectivity index (χ2n) is 7.65. The Balaban J connectivity index is 1.63. The lowest BCUT2D eigenvalue weighted by Crippen LogP contribution is -2.48. The van der Waals surface area contributed by atoms with Gasteiger partial charge in [-0.05, 0) is 43.9 Å². The van der Waals surface area contributed by atoms with Crippen molar-refractivity contribution in [1.82, 2.24) is 9.29 Å². The summed E-state index contributed by atoms with van der Waals surface area (Å²) in [5.74, 6) is -0.463. The summed E-state index contributed by atoms with van der Waals surface area (Å²) in [7, 11) is -3.32. The second kappa shape index (κ2) is 8.47. The van der Waals surface area contributed by atoms with Crippen molar-refractivity contribution in [1.29, 1.82) is 0 Å². The first-order chi connectivity index (χ1) is 13.8. The van der Waals surface area contributed by atoms with Crippen LogP contribution in [0.1, 0.15) is 25.7 Å². The molecule has 0 saturated carbocycles. The number of halogens is 1. The molecular weight excluding hydrogens is 434 g/mol. The van der Waals surface area contributed by atoms with Gasteiger partial charge >= 0.3 is 0 Å². The summed E-state index contributed by atoms with van der Waals surface area (Å²) in [5, 5.41) is 1.24. The first-order valence-electron chi connectivity index (χ1n) is 9.75. The van der Waals surface area contributed by atoms with Gasteiger partial charge in [0.1, 0.15) is 0 Å². The van der Waals surface area contributed by atoms with Crippen LogP contribution in [0, 0.1) is 5.92 Å².